The van der Waals surface area contributed by atoms with E-state index in [4.69, 9.17) is 35.7 Å². The molecule has 7 heteroatoms. The zero-order chi connectivity index (χ0) is 11.3. The first-order valence-corrected chi connectivity index (χ1v) is 4.07. The van der Waals surface area contributed by atoms with Crippen LogP contribution in [-0.4, -0.2) is 79.5 Å². The maximum atomic E-state index is 9.15. The molecule has 86 valence electrons. The lowest BCUT2D eigenvalue weighted by molar-refractivity contribution is -0.145. The molecule has 0 aromatic carbocycles. The summed E-state index contributed by atoms with van der Waals surface area (Å²) >= 11 is 0. The van der Waals surface area contributed by atoms with E-state index in [1.54, 1.807) is 0 Å². The summed E-state index contributed by atoms with van der Waals surface area (Å²) in [5.74, 6) is 0. The van der Waals surface area contributed by atoms with Crippen molar-refractivity contribution in [1.29, 1.82) is 0 Å². The first kappa shape index (κ1) is 13.7. The van der Waals surface area contributed by atoms with E-state index in [2.05, 4.69) is 0 Å². The molecule has 5 atom stereocenters. The zero-order valence-electron chi connectivity index (χ0n) is 7.43. The van der Waals surface area contributed by atoms with E-state index < -0.39 is 43.7 Å². The van der Waals surface area contributed by atoms with Gasteiger partial charge in [-0.15, -0.1) is 0 Å². The van der Waals surface area contributed by atoms with Gasteiger partial charge in [-0.2, -0.15) is 0 Å². The van der Waals surface area contributed by atoms with Crippen molar-refractivity contribution in [2.45, 2.75) is 30.5 Å². The SMILES string of the molecule is OC[C@@H](O)[C@@H](O)[C@@H](O)[C@@H](O)[C@@H](O)CO. The van der Waals surface area contributed by atoms with Crippen LogP contribution >= 0.6 is 0 Å². The Morgan fingerprint density at radius 3 is 1.07 bits per heavy atom. The van der Waals surface area contributed by atoms with Gasteiger partial charge in [-0.3, -0.25) is 0 Å². The molecule has 0 aliphatic heterocycles. The third-order valence-electron chi connectivity index (χ3n) is 1.86. The molecular formula is C7H16O7. The molecule has 0 spiro atoms. The number of hydrogen-bond acceptors (Lipinski definition) is 7. The summed E-state index contributed by atoms with van der Waals surface area (Å²) in [5.41, 5.74) is 0. The van der Waals surface area contributed by atoms with Crippen molar-refractivity contribution in [3.05, 3.63) is 0 Å². The number of hydrogen-bond donors (Lipinski definition) is 7. The molecule has 0 amide bonds. The van der Waals surface area contributed by atoms with Crippen LogP contribution in [0.3, 0.4) is 0 Å². The second kappa shape index (κ2) is 6.25. The van der Waals surface area contributed by atoms with Gasteiger partial charge in [0.05, 0.1) is 13.2 Å². The molecule has 0 radical (unpaired) electrons. The Bertz CT molecular complexity index is 137. The van der Waals surface area contributed by atoms with Crippen molar-refractivity contribution in [2.75, 3.05) is 13.2 Å². The smallest absolute Gasteiger partial charge is 0.111 e. The molecule has 7 nitrogen and oxygen atoms in total. The Morgan fingerprint density at radius 2 is 0.857 bits per heavy atom. The number of rotatable bonds is 6. The molecule has 0 rings (SSSR count). The summed E-state index contributed by atoms with van der Waals surface area (Å²) in [6.07, 6.45) is -8.68. The average Bonchev–Trinajstić information content (AvgIpc) is 2.23. The quantitative estimate of drug-likeness (QED) is 0.236. The predicted molar refractivity (Wildman–Crippen MR) is 44.2 cm³/mol. The molecule has 0 aliphatic rings. The molecule has 7 N–H and O–H groups in total. The van der Waals surface area contributed by atoms with Crippen molar-refractivity contribution in [1.82, 2.24) is 0 Å². The Kier molecular flexibility index (Phi) is 6.12. The van der Waals surface area contributed by atoms with Crippen LogP contribution in [0.15, 0.2) is 0 Å². The van der Waals surface area contributed by atoms with Crippen LogP contribution in [0.5, 0.6) is 0 Å². The fourth-order valence-electron chi connectivity index (χ4n) is 0.873. The van der Waals surface area contributed by atoms with Crippen molar-refractivity contribution >= 4 is 0 Å². The highest BCUT2D eigenvalue weighted by atomic mass is 16.4. The maximum absolute atomic E-state index is 9.15. The van der Waals surface area contributed by atoms with Gasteiger partial charge in [0.15, 0.2) is 0 Å². The predicted octanol–water partition coefficient (Wildman–Crippen LogP) is -4.22. The van der Waals surface area contributed by atoms with Gasteiger partial charge in [0.1, 0.15) is 30.5 Å². The molecule has 0 bridgehead atoms. The molecule has 0 aromatic heterocycles. The van der Waals surface area contributed by atoms with Gasteiger partial charge in [0.25, 0.3) is 0 Å². The third-order valence-corrected chi connectivity index (χ3v) is 1.86. The third kappa shape index (κ3) is 3.46. The van der Waals surface area contributed by atoms with Crippen LogP contribution < -0.4 is 0 Å². The zero-order valence-corrected chi connectivity index (χ0v) is 7.43. The summed E-state index contributed by atoms with van der Waals surface area (Å²) in [6, 6.07) is 0. The van der Waals surface area contributed by atoms with E-state index in [9.17, 15) is 0 Å². The van der Waals surface area contributed by atoms with Crippen molar-refractivity contribution in [2.24, 2.45) is 0 Å². The first-order chi connectivity index (χ1) is 6.45. The lowest BCUT2D eigenvalue weighted by Gasteiger charge is -2.27. The number of aliphatic hydroxyl groups excluding tert-OH is 7. The van der Waals surface area contributed by atoms with Gasteiger partial charge in [-0.1, -0.05) is 0 Å². The molecule has 0 unspecified atom stereocenters. The Labute approximate surface area is 80.5 Å². The van der Waals surface area contributed by atoms with Gasteiger partial charge < -0.3 is 35.7 Å². The topological polar surface area (TPSA) is 142 Å². The minimum atomic E-state index is -1.85. The fourth-order valence-corrected chi connectivity index (χ4v) is 0.873. The Hall–Kier alpha value is -0.280. The monoisotopic (exact) mass is 212 g/mol. The highest BCUT2D eigenvalue weighted by Gasteiger charge is 2.33. The van der Waals surface area contributed by atoms with E-state index in [0.717, 1.165) is 0 Å². The number of aliphatic hydroxyl groups is 7. The van der Waals surface area contributed by atoms with E-state index in [1.807, 2.05) is 0 Å². The van der Waals surface area contributed by atoms with Gasteiger partial charge >= 0.3 is 0 Å². The highest BCUT2D eigenvalue weighted by Crippen LogP contribution is 2.07. The molecule has 0 heterocycles. The minimum absolute atomic E-state index is 0.792. The first-order valence-electron chi connectivity index (χ1n) is 4.07. The Balaban J connectivity index is 4.22. The molecule has 14 heavy (non-hydrogen) atoms. The molecule has 0 aromatic rings. The van der Waals surface area contributed by atoms with Crippen LogP contribution in [0, 0.1) is 0 Å². The van der Waals surface area contributed by atoms with Crippen molar-refractivity contribution < 1.29 is 35.7 Å². The van der Waals surface area contributed by atoms with E-state index in [0.29, 0.717) is 0 Å². The van der Waals surface area contributed by atoms with Crippen LogP contribution in [0.2, 0.25) is 0 Å². The maximum Gasteiger partial charge on any atom is 0.111 e. The second-order valence-corrected chi connectivity index (χ2v) is 2.97. The standard InChI is InChI=1S/C7H16O7/c8-1-3(10)5(12)7(14)6(13)4(11)2-9/h3-14H,1-2H2/t3-,4+,5-,6+,7-. The summed E-state index contributed by atoms with van der Waals surface area (Å²) in [7, 11) is 0. The lowest BCUT2D eigenvalue weighted by Crippen LogP contribution is -2.50. The summed E-state index contributed by atoms with van der Waals surface area (Å²) in [5, 5.41) is 61.9. The molecule has 0 saturated carbocycles. The van der Waals surface area contributed by atoms with Gasteiger partial charge in [-0.25, -0.2) is 0 Å². The van der Waals surface area contributed by atoms with Crippen molar-refractivity contribution in [3.63, 3.8) is 0 Å². The van der Waals surface area contributed by atoms with E-state index in [-0.39, 0.29) is 0 Å². The van der Waals surface area contributed by atoms with Crippen LogP contribution in [0.4, 0.5) is 0 Å². The summed E-state index contributed by atoms with van der Waals surface area (Å²) < 4.78 is 0. The average molecular weight is 212 g/mol. The second-order valence-electron chi connectivity index (χ2n) is 2.97. The minimum Gasteiger partial charge on any atom is -0.394 e. The fraction of sp³-hybridized carbons (Fsp3) is 1.00. The van der Waals surface area contributed by atoms with Gasteiger partial charge in [0.2, 0.25) is 0 Å². The Morgan fingerprint density at radius 1 is 0.571 bits per heavy atom. The van der Waals surface area contributed by atoms with E-state index in [1.165, 1.54) is 0 Å². The van der Waals surface area contributed by atoms with Crippen molar-refractivity contribution in [3.8, 4) is 0 Å². The van der Waals surface area contributed by atoms with Gasteiger partial charge in [0, 0.05) is 0 Å². The van der Waals surface area contributed by atoms with Gasteiger partial charge in [-0.05, 0) is 0 Å². The molecule has 0 fully saturated rings. The largest absolute Gasteiger partial charge is 0.394 e. The summed E-state index contributed by atoms with van der Waals surface area (Å²) in [6.45, 7) is -1.58. The summed E-state index contributed by atoms with van der Waals surface area (Å²) in [4.78, 5) is 0. The van der Waals surface area contributed by atoms with Crippen LogP contribution in [0.1, 0.15) is 0 Å². The molecule has 0 aliphatic carbocycles. The highest BCUT2D eigenvalue weighted by molar-refractivity contribution is 4.84. The van der Waals surface area contributed by atoms with E-state index >= 15 is 0 Å². The normalized spacial score (nSPS) is 22.5. The lowest BCUT2D eigenvalue weighted by atomic mass is 10.00. The molecule has 0 saturated heterocycles. The van der Waals surface area contributed by atoms with Crippen LogP contribution in [0.25, 0.3) is 0 Å². The van der Waals surface area contributed by atoms with Crippen LogP contribution in [-0.2, 0) is 0 Å². The molecular weight excluding hydrogens is 196 g/mol.